The summed E-state index contributed by atoms with van der Waals surface area (Å²) >= 11 is 0.882. The molecule has 2 N–H and O–H groups in total. The van der Waals surface area contributed by atoms with E-state index in [2.05, 4.69) is 15.3 Å². The largest absolute Gasteiger partial charge is 0.477 e. The van der Waals surface area contributed by atoms with Gasteiger partial charge in [-0.1, -0.05) is 12.1 Å². The van der Waals surface area contributed by atoms with Gasteiger partial charge in [0.05, 0.1) is 30.8 Å². The van der Waals surface area contributed by atoms with Crippen molar-refractivity contribution in [2.24, 2.45) is 0 Å². The highest BCUT2D eigenvalue weighted by Gasteiger charge is 2.24. The minimum atomic E-state index is -1.13. The molecule has 1 aromatic carbocycles. The number of aromatic nitrogens is 2. The molecule has 0 spiro atoms. The molecule has 10 nitrogen and oxygen atoms in total. The van der Waals surface area contributed by atoms with Crippen molar-refractivity contribution in [1.82, 2.24) is 9.78 Å². The second kappa shape index (κ2) is 8.74. The SMILES string of the molecule is CCOC(=O)n1nc(NC(=O)c2ccccc2N2CCOCC2)c2cc(C(=O)O)sc21. The zero-order valence-electron chi connectivity index (χ0n) is 16.7. The van der Waals surface area contributed by atoms with E-state index in [1.165, 1.54) is 6.07 Å². The van der Waals surface area contributed by atoms with Gasteiger partial charge in [0.2, 0.25) is 0 Å². The van der Waals surface area contributed by atoms with Crippen LogP contribution in [0.2, 0.25) is 0 Å². The Morgan fingerprint density at radius 3 is 2.71 bits per heavy atom. The molecule has 162 valence electrons. The van der Waals surface area contributed by atoms with Crippen LogP contribution in [0.25, 0.3) is 10.2 Å². The zero-order chi connectivity index (χ0) is 22.0. The van der Waals surface area contributed by atoms with Crippen LogP contribution in [-0.4, -0.2) is 65.8 Å². The number of carbonyl (C=O) groups excluding carboxylic acids is 2. The molecule has 0 atom stereocenters. The van der Waals surface area contributed by atoms with Crippen LogP contribution >= 0.6 is 11.3 Å². The van der Waals surface area contributed by atoms with Crippen LogP contribution in [0.3, 0.4) is 0 Å². The van der Waals surface area contributed by atoms with Crippen LogP contribution in [0.4, 0.5) is 16.3 Å². The predicted octanol–water partition coefficient (Wildman–Crippen LogP) is 2.89. The van der Waals surface area contributed by atoms with Gasteiger partial charge in [-0.2, -0.15) is 4.68 Å². The lowest BCUT2D eigenvalue weighted by molar-refractivity contribution is 0.0702. The maximum atomic E-state index is 13.1. The van der Waals surface area contributed by atoms with Crippen LogP contribution in [-0.2, 0) is 9.47 Å². The fourth-order valence-electron chi connectivity index (χ4n) is 3.33. The Hall–Kier alpha value is -3.44. The van der Waals surface area contributed by atoms with Crippen LogP contribution in [0.5, 0.6) is 0 Å². The van der Waals surface area contributed by atoms with Crippen LogP contribution in [0, 0.1) is 0 Å². The Kier molecular flexibility index (Phi) is 5.87. The highest BCUT2D eigenvalue weighted by atomic mass is 32.1. The Balaban J connectivity index is 1.69. The van der Waals surface area contributed by atoms with Crippen molar-refractivity contribution in [3.05, 3.63) is 40.8 Å². The lowest BCUT2D eigenvalue weighted by Gasteiger charge is -2.30. The smallest absolute Gasteiger partial charge is 0.436 e. The zero-order valence-corrected chi connectivity index (χ0v) is 17.5. The van der Waals surface area contributed by atoms with Gasteiger partial charge in [0, 0.05) is 18.8 Å². The number of aromatic carboxylic acids is 1. The maximum Gasteiger partial charge on any atom is 0.436 e. The minimum absolute atomic E-state index is 0.0228. The van der Waals surface area contributed by atoms with E-state index in [-0.39, 0.29) is 22.1 Å². The molecule has 1 aliphatic heterocycles. The number of rotatable bonds is 5. The summed E-state index contributed by atoms with van der Waals surface area (Å²) in [6.07, 6.45) is -0.750. The monoisotopic (exact) mass is 444 g/mol. The quantitative estimate of drug-likeness (QED) is 0.616. The molecule has 3 aromatic rings. The molecule has 31 heavy (non-hydrogen) atoms. The van der Waals surface area contributed by atoms with Crippen molar-refractivity contribution in [2.75, 3.05) is 43.1 Å². The summed E-state index contributed by atoms with van der Waals surface area (Å²) in [4.78, 5) is 39.2. The standard InChI is InChI=1S/C20H20N4O6S/c1-2-30-20(28)24-18-13(11-15(31-18)19(26)27)16(22-24)21-17(25)12-5-3-4-6-14(12)23-7-9-29-10-8-23/h3-6,11H,2,7-10H2,1H3,(H,26,27)(H,21,22,25). The molecular formula is C20H20N4O6S. The summed E-state index contributed by atoms with van der Waals surface area (Å²) in [5.41, 5.74) is 1.21. The topological polar surface area (TPSA) is 123 Å². The van der Waals surface area contributed by atoms with E-state index < -0.39 is 18.0 Å². The molecule has 0 unspecified atom stereocenters. The Labute approximate surface area is 181 Å². The Bertz CT molecular complexity index is 1150. The molecule has 1 fully saturated rings. The van der Waals surface area contributed by atoms with Gasteiger partial charge in [0.1, 0.15) is 9.71 Å². The molecule has 0 saturated carbocycles. The number of anilines is 2. The van der Waals surface area contributed by atoms with Crippen LogP contribution < -0.4 is 10.2 Å². The van der Waals surface area contributed by atoms with Gasteiger partial charge in [0.15, 0.2) is 5.82 Å². The average molecular weight is 444 g/mol. The fraction of sp³-hybridized carbons (Fsp3) is 0.300. The summed E-state index contributed by atoms with van der Waals surface area (Å²) in [6.45, 7) is 4.27. The number of nitrogens with one attached hydrogen (secondary N) is 1. The molecule has 4 rings (SSSR count). The van der Waals surface area contributed by atoms with Gasteiger partial charge in [-0.3, -0.25) is 4.79 Å². The third kappa shape index (κ3) is 4.09. The molecule has 3 heterocycles. The molecule has 1 saturated heterocycles. The number of thiophene rings is 1. The van der Waals surface area contributed by atoms with Crippen LogP contribution in [0.15, 0.2) is 30.3 Å². The van der Waals surface area contributed by atoms with E-state index in [9.17, 15) is 19.5 Å². The third-order valence-electron chi connectivity index (χ3n) is 4.74. The van der Waals surface area contributed by atoms with E-state index in [4.69, 9.17) is 9.47 Å². The van der Waals surface area contributed by atoms with Crippen molar-refractivity contribution < 1.29 is 29.0 Å². The Morgan fingerprint density at radius 2 is 2.00 bits per heavy atom. The van der Waals surface area contributed by atoms with Gasteiger partial charge in [-0.15, -0.1) is 16.4 Å². The molecule has 1 aliphatic rings. The molecule has 0 bridgehead atoms. The molecule has 0 aliphatic carbocycles. The summed E-state index contributed by atoms with van der Waals surface area (Å²) < 4.78 is 11.4. The second-order valence-corrected chi connectivity index (χ2v) is 7.70. The summed E-state index contributed by atoms with van der Waals surface area (Å²) in [5.74, 6) is -1.46. The number of nitrogens with zero attached hydrogens (tertiary/aromatic N) is 3. The number of carbonyl (C=O) groups is 3. The third-order valence-corrected chi connectivity index (χ3v) is 5.84. The Morgan fingerprint density at radius 1 is 1.26 bits per heavy atom. The number of amides is 1. The number of benzene rings is 1. The van der Waals surface area contributed by atoms with Crippen molar-refractivity contribution in [1.29, 1.82) is 0 Å². The van der Waals surface area contributed by atoms with Crippen LogP contribution in [0.1, 0.15) is 27.0 Å². The number of fused-ring (bicyclic) bond motifs is 1. The maximum absolute atomic E-state index is 13.1. The average Bonchev–Trinajstić information content (AvgIpc) is 3.35. The van der Waals surface area contributed by atoms with E-state index >= 15 is 0 Å². The van der Waals surface area contributed by atoms with Crippen molar-refractivity contribution >= 4 is 51.0 Å². The number of hydrogen-bond donors (Lipinski definition) is 2. The first-order valence-corrected chi connectivity index (χ1v) is 10.5. The summed E-state index contributed by atoms with van der Waals surface area (Å²) in [6, 6.07) is 8.57. The van der Waals surface area contributed by atoms with Gasteiger partial charge in [-0.25, -0.2) is 9.59 Å². The highest BCUT2D eigenvalue weighted by molar-refractivity contribution is 7.20. The molecule has 11 heteroatoms. The number of ether oxygens (including phenoxy) is 2. The first-order chi connectivity index (χ1) is 15.0. The minimum Gasteiger partial charge on any atom is -0.477 e. The fourth-order valence-corrected chi connectivity index (χ4v) is 4.27. The van der Waals surface area contributed by atoms with Gasteiger partial charge in [-0.05, 0) is 25.1 Å². The molecule has 1 amide bonds. The van der Waals surface area contributed by atoms with E-state index in [0.29, 0.717) is 37.3 Å². The number of para-hydroxylation sites is 1. The first-order valence-electron chi connectivity index (χ1n) is 9.65. The first kappa shape index (κ1) is 20.8. The number of hydrogen-bond acceptors (Lipinski definition) is 8. The number of carboxylic acids is 1. The normalized spacial score (nSPS) is 13.9. The summed E-state index contributed by atoms with van der Waals surface area (Å²) in [5, 5.41) is 16.6. The lowest BCUT2D eigenvalue weighted by Crippen LogP contribution is -2.37. The molecular weight excluding hydrogens is 424 g/mol. The predicted molar refractivity (Wildman–Crippen MR) is 114 cm³/mol. The summed E-state index contributed by atoms with van der Waals surface area (Å²) in [7, 11) is 0. The van der Waals surface area contributed by atoms with Crippen molar-refractivity contribution in [3.63, 3.8) is 0 Å². The van der Waals surface area contributed by atoms with E-state index in [0.717, 1.165) is 21.7 Å². The lowest BCUT2D eigenvalue weighted by atomic mass is 10.1. The van der Waals surface area contributed by atoms with E-state index in [1.54, 1.807) is 19.1 Å². The van der Waals surface area contributed by atoms with Gasteiger partial charge >= 0.3 is 12.1 Å². The molecule has 0 radical (unpaired) electrons. The van der Waals surface area contributed by atoms with Crippen molar-refractivity contribution in [3.8, 4) is 0 Å². The van der Waals surface area contributed by atoms with Gasteiger partial charge < -0.3 is 24.8 Å². The van der Waals surface area contributed by atoms with E-state index in [1.807, 2.05) is 12.1 Å². The number of morpholine rings is 1. The number of carboxylic acid groups (broad SMARTS) is 1. The van der Waals surface area contributed by atoms with Gasteiger partial charge in [0.25, 0.3) is 5.91 Å². The second-order valence-electron chi connectivity index (χ2n) is 6.66. The van der Waals surface area contributed by atoms with Crippen molar-refractivity contribution in [2.45, 2.75) is 6.92 Å². The molecule has 2 aromatic heterocycles. The highest BCUT2D eigenvalue weighted by Crippen LogP contribution is 2.32.